The largest absolute Gasteiger partial charge is 0.313 e. The molecule has 0 heterocycles. The summed E-state index contributed by atoms with van der Waals surface area (Å²) in [5.74, 6) is 0. The Labute approximate surface area is 75.6 Å². The minimum atomic E-state index is -0.0259. The Balaban J connectivity index is 4.07. The maximum absolute atomic E-state index is 3.77. The molecule has 0 fully saturated rings. The molecular formula is C9H21N3. The van der Waals surface area contributed by atoms with E-state index in [2.05, 4.69) is 29.5 Å². The Bertz CT molecular complexity index is 130. The van der Waals surface area contributed by atoms with E-state index in [1.54, 1.807) is 0 Å². The third kappa shape index (κ3) is 3.34. The quantitative estimate of drug-likeness (QED) is 0.397. The molecular weight excluding hydrogens is 150 g/mol. The molecule has 0 aliphatic carbocycles. The van der Waals surface area contributed by atoms with Gasteiger partial charge in [0.05, 0.1) is 5.66 Å². The zero-order valence-corrected chi connectivity index (χ0v) is 8.57. The molecule has 0 saturated carbocycles. The van der Waals surface area contributed by atoms with Crippen molar-refractivity contribution in [2.24, 2.45) is 0 Å². The number of rotatable bonds is 6. The van der Waals surface area contributed by atoms with Crippen LogP contribution in [0.1, 0.15) is 13.3 Å². The van der Waals surface area contributed by atoms with Crippen molar-refractivity contribution in [2.45, 2.75) is 25.0 Å². The summed E-state index contributed by atoms with van der Waals surface area (Å²) in [6, 6.07) is 0.342. The summed E-state index contributed by atoms with van der Waals surface area (Å²) < 4.78 is 0. The van der Waals surface area contributed by atoms with E-state index < -0.39 is 0 Å². The molecule has 0 rings (SSSR count). The zero-order valence-electron chi connectivity index (χ0n) is 8.57. The van der Waals surface area contributed by atoms with Gasteiger partial charge in [0.1, 0.15) is 0 Å². The van der Waals surface area contributed by atoms with E-state index in [1.807, 2.05) is 27.2 Å². The molecule has 0 aliphatic rings. The van der Waals surface area contributed by atoms with E-state index in [0.29, 0.717) is 6.04 Å². The van der Waals surface area contributed by atoms with Crippen LogP contribution < -0.4 is 16.0 Å². The molecule has 0 bridgehead atoms. The molecule has 0 aromatic rings. The Kier molecular flexibility index (Phi) is 5.13. The highest BCUT2D eigenvalue weighted by atomic mass is 15.2. The molecule has 3 N–H and O–H groups in total. The van der Waals surface area contributed by atoms with Crippen LogP contribution in [0.5, 0.6) is 0 Å². The first-order chi connectivity index (χ1) is 5.61. The smallest absolute Gasteiger partial charge is 0.0671 e. The second kappa shape index (κ2) is 5.30. The maximum Gasteiger partial charge on any atom is 0.0671 e. The van der Waals surface area contributed by atoms with Gasteiger partial charge in [-0.15, -0.1) is 6.58 Å². The Morgan fingerprint density at radius 3 is 2.08 bits per heavy atom. The third-order valence-corrected chi connectivity index (χ3v) is 2.39. The van der Waals surface area contributed by atoms with Crippen LogP contribution in [-0.2, 0) is 0 Å². The van der Waals surface area contributed by atoms with Crippen molar-refractivity contribution in [3.8, 4) is 0 Å². The molecule has 1 atom stereocenters. The summed E-state index contributed by atoms with van der Waals surface area (Å²) >= 11 is 0. The first kappa shape index (κ1) is 11.6. The van der Waals surface area contributed by atoms with E-state index >= 15 is 0 Å². The van der Waals surface area contributed by atoms with Gasteiger partial charge in [0.2, 0.25) is 0 Å². The highest BCUT2D eigenvalue weighted by Crippen LogP contribution is 2.07. The lowest BCUT2D eigenvalue weighted by molar-refractivity contribution is 0.284. The Morgan fingerprint density at radius 2 is 1.83 bits per heavy atom. The summed E-state index contributed by atoms with van der Waals surface area (Å²) in [4.78, 5) is 0. The number of hydrogen-bond acceptors (Lipinski definition) is 3. The van der Waals surface area contributed by atoms with Gasteiger partial charge in [-0.3, -0.25) is 0 Å². The first-order valence-corrected chi connectivity index (χ1v) is 4.29. The third-order valence-electron chi connectivity index (χ3n) is 2.39. The van der Waals surface area contributed by atoms with E-state index in [-0.39, 0.29) is 5.66 Å². The van der Waals surface area contributed by atoms with Crippen molar-refractivity contribution in [3.05, 3.63) is 12.7 Å². The van der Waals surface area contributed by atoms with Crippen LogP contribution in [0.25, 0.3) is 0 Å². The molecule has 1 unspecified atom stereocenters. The molecule has 0 aromatic heterocycles. The predicted molar refractivity (Wildman–Crippen MR) is 54.2 cm³/mol. The monoisotopic (exact) mass is 171 g/mol. The van der Waals surface area contributed by atoms with Crippen LogP contribution in [0, 0.1) is 0 Å². The van der Waals surface area contributed by atoms with E-state index in [1.165, 1.54) is 0 Å². The van der Waals surface area contributed by atoms with Gasteiger partial charge in [-0.1, -0.05) is 6.08 Å². The lowest BCUT2D eigenvalue weighted by atomic mass is 10.0. The molecule has 0 spiro atoms. The van der Waals surface area contributed by atoms with Crippen molar-refractivity contribution in [3.63, 3.8) is 0 Å². The van der Waals surface area contributed by atoms with Crippen molar-refractivity contribution >= 4 is 0 Å². The van der Waals surface area contributed by atoms with Gasteiger partial charge in [-0.05, 0) is 34.5 Å². The molecule has 0 aliphatic heterocycles. The first-order valence-electron chi connectivity index (χ1n) is 4.29. The van der Waals surface area contributed by atoms with Gasteiger partial charge in [0, 0.05) is 6.04 Å². The average Bonchev–Trinajstić information content (AvgIpc) is 2.14. The average molecular weight is 171 g/mol. The van der Waals surface area contributed by atoms with Crippen molar-refractivity contribution in [1.82, 2.24) is 16.0 Å². The highest BCUT2D eigenvalue weighted by Gasteiger charge is 2.21. The van der Waals surface area contributed by atoms with Crippen LogP contribution in [0.4, 0.5) is 0 Å². The van der Waals surface area contributed by atoms with Crippen LogP contribution >= 0.6 is 0 Å². The van der Waals surface area contributed by atoms with Crippen LogP contribution in [0.2, 0.25) is 0 Å². The maximum atomic E-state index is 3.77. The second-order valence-corrected chi connectivity index (χ2v) is 3.17. The summed E-state index contributed by atoms with van der Waals surface area (Å²) in [7, 11) is 5.84. The summed E-state index contributed by atoms with van der Waals surface area (Å²) in [5, 5.41) is 9.63. The highest BCUT2D eigenvalue weighted by molar-refractivity contribution is 4.92. The normalized spacial score (nSPS) is 14.3. The van der Waals surface area contributed by atoms with E-state index in [0.717, 1.165) is 6.42 Å². The topological polar surface area (TPSA) is 36.1 Å². The van der Waals surface area contributed by atoms with Gasteiger partial charge in [0.15, 0.2) is 0 Å². The molecule has 0 radical (unpaired) electrons. The molecule has 3 nitrogen and oxygen atoms in total. The standard InChI is InChI=1S/C9H21N3/c1-6-8(10-3)7-9(2,11-4)12-5/h6,8,10-12H,1,7H2,2-5H3. The van der Waals surface area contributed by atoms with Crippen LogP contribution in [0.15, 0.2) is 12.7 Å². The fourth-order valence-corrected chi connectivity index (χ4v) is 1.07. The van der Waals surface area contributed by atoms with E-state index in [4.69, 9.17) is 0 Å². The fraction of sp³-hybridized carbons (Fsp3) is 0.778. The lowest BCUT2D eigenvalue weighted by Gasteiger charge is -2.31. The van der Waals surface area contributed by atoms with Crippen LogP contribution in [0.3, 0.4) is 0 Å². The van der Waals surface area contributed by atoms with Gasteiger partial charge in [0.25, 0.3) is 0 Å². The Hall–Kier alpha value is -0.380. The van der Waals surface area contributed by atoms with Crippen molar-refractivity contribution in [2.75, 3.05) is 21.1 Å². The van der Waals surface area contributed by atoms with Gasteiger partial charge >= 0.3 is 0 Å². The minimum absolute atomic E-state index is 0.0259. The van der Waals surface area contributed by atoms with Crippen LogP contribution in [-0.4, -0.2) is 32.8 Å². The zero-order chi connectivity index (χ0) is 9.61. The molecule has 0 saturated heterocycles. The molecule has 0 aromatic carbocycles. The van der Waals surface area contributed by atoms with Gasteiger partial charge in [-0.2, -0.15) is 0 Å². The van der Waals surface area contributed by atoms with Gasteiger partial charge < -0.3 is 16.0 Å². The van der Waals surface area contributed by atoms with Gasteiger partial charge in [-0.25, -0.2) is 0 Å². The number of nitrogens with one attached hydrogen (secondary N) is 3. The summed E-state index contributed by atoms with van der Waals surface area (Å²) in [5.41, 5.74) is -0.0259. The minimum Gasteiger partial charge on any atom is -0.313 e. The summed E-state index contributed by atoms with van der Waals surface area (Å²) in [6.07, 6.45) is 2.90. The Morgan fingerprint density at radius 1 is 1.33 bits per heavy atom. The number of likely N-dealkylation sites (N-methyl/N-ethyl adjacent to an activating group) is 1. The van der Waals surface area contributed by atoms with E-state index in [9.17, 15) is 0 Å². The molecule has 12 heavy (non-hydrogen) atoms. The second-order valence-electron chi connectivity index (χ2n) is 3.17. The molecule has 0 amide bonds. The van der Waals surface area contributed by atoms with Crippen molar-refractivity contribution in [1.29, 1.82) is 0 Å². The lowest BCUT2D eigenvalue weighted by Crippen LogP contribution is -2.54. The predicted octanol–water partition coefficient (Wildman–Crippen LogP) is 0.306. The van der Waals surface area contributed by atoms with Crippen molar-refractivity contribution < 1.29 is 0 Å². The summed E-state index contributed by atoms with van der Waals surface area (Å²) in [6.45, 7) is 5.89. The molecule has 3 heteroatoms. The molecule has 72 valence electrons. The SMILES string of the molecule is C=CC(CC(C)(NC)NC)NC. The number of hydrogen-bond donors (Lipinski definition) is 3. The fourth-order valence-electron chi connectivity index (χ4n) is 1.07.